The first kappa shape index (κ1) is 24.3. The Balaban J connectivity index is 1.49. The van der Waals surface area contributed by atoms with Gasteiger partial charge in [-0.25, -0.2) is 14.3 Å². The number of piperazine rings is 1. The standard InChI is InChI=1S/C25H25Cl2N7O2/c1-15-13-16(7-8-20(15)33-11-9-31(2)10-12-33)29-24-28-14-17-22(30-24)32(3)25(36)34(23(17)35)21-18(26)5-4-6-19(21)27/h4-8,13-14H,9-12H2,1-3H3,(H,28,29,30). The van der Waals surface area contributed by atoms with Gasteiger partial charge in [-0.15, -0.1) is 0 Å². The van der Waals surface area contributed by atoms with Gasteiger partial charge in [0.25, 0.3) is 5.56 Å². The Morgan fingerprint density at radius 3 is 2.33 bits per heavy atom. The Bertz CT molecular complexity index is 1570. The number of para-hydroxylation sites is 1. The van der Waals surface area contributed by atoms with Gasteiger partial charge >= 0.3 is 5.69 Å². The SMILES string of the molecule is Cc1cc(Nc2ncc3c(=O)n(-c4c(Cl)cccc4Cl)c(=O)n(C)c3n2)ccc1N1CCN(C)CC1. The topological polar surface area (TPSA) is 88.3 Å². The van der Waals surface area contributed by atoms with Crippen molar-refractivity contribution in [2.24, 2.45) is 7.05 Å². The summed E-state index contributed by atoms with van der Waals surface area (Å²) in [5.41, 5.74) is 2.28. The molecule has 1 aliphatic heterocycles. The number of hydrogen-bond donors (Lipinski definition) is 1. The predicted molar refractivity (Wildman–Crippen MR) is 145 cm³/mol. The average Bonchev–Trinajstić information content (AvgIpc) is 2.85. The van der Waals surface area contributed by atoms with Gasteiger partial charge in [-0.05, 0) is 49.9 Å². The third-order valence-electron chi connectivity index (χ3n) is 6.46. The van der Waals surface area contributed by atoms with Gasteiger partial charge in [0.15, 0.2) is 5.65 Å². The molecule has 1 saturated heterocycles. The van der Waals surface area contributed by atoms with Crippen LogP contribution in [0.25, 0.3) is 16.7 Å². The van der Waals surface area contributed by atoms with E-state index in [0.29, 0.717) is 0 Å². The molecule has 186 valence electrons. The molecule has 2 aromatic heterocycles. The lowest BCUT2D eigenvalue weighted by Gasteiger charge is -2.35. The highest BCUT2D eigenvalue weighted by molar-refractivity contribution is 6.37. The van der Waals surface area contributed by atoms with Gasteiger partial charge in [-0.3, -0.25) is 9.36 Å². The first-order chi connectivity index (χ1) is 17.2. The highest BCUT2D eigenvalue weighted by Gasteiger charge is 2.19. The Labute approximate surface area is 217 Å². The fraction of sp³-hybridized carbons (Fsp3) is 0.280. The molecule has 0 spiro atoms. The van der Waals surface area contributed by atoms with Crippen molar-refractivity contribution in [1.82, 2.24) is 24.0 Å². The maximum Gasteiger partial charge on any atom is 0.337 e. The smallest absolute Gasteiger partial charge is 0.337 e. The van der Waals surface area contributed by atoms with Gasteiger partial charge in [0, 0.05) is 50.8 Å². The van der Waals surface area contributed by atoms with Crippen LogP contribution in [0.5, 0.6) is 0 Å². The molecule has 0 aliphatic carbocycles. The summed E-state index contributed by atoms with van der Waals surface area (Å²) in [7, 11) is 3.68. The number of rotatable bonds is 4. The number of aryl methyl sites for hydroxylation is 2. The molecule has 3 heterocycles. The molecule has 1 aliphatic rings. The highest BCUT2D eigenvalue weighted by Crippen LogP contribution is 2.28. The van der Waals surface area contributed by atoms with Gasteiger partial charge in [0.2, 0.25) is 5.95 Å². The Morgan fingerprint density at radius 1 is 0.972 bits per heavy atom. The lowest BCUT2D eigenvalue weighted by atomic mass is 10.1. The fourth-order valence-corrected chi connectivity index (χ4v) is 5.02. The number of fused-ring (bicyclic) bond motifs is 1. The van der Waals surface area contributed by atoms with Crippen molar-refractivity contribution in [2.45, 2.75) is 6.92 Å². The number of benzene rings is 2. The maximum atomic E-state index is 13.3. The van der Waals surface area contributed by atoms with Crippen molar-refractivity contribution in [3.05, 3.63) is 79.0 Å². The molecule has 0 atom stereocenters. The van der Waals surface area contributed by atoms with Crippen LogP contribution in [0.15, 0.2) is 52.2 Å². The second kappa shape index (κ2) is 9.57. The lowest BCUT2D eigenvalue weighted by molar-refractivity contribution is 0.312. The summed E-state index contributed by atoms with van der Waals surface area (Å²) >= 11 is 12.5. The molecule has 0 amide bonds. The molecule has 0 radical (unpaired) electrons. The second-order valence-electron chi connectivity index (χ2n) is 8.90. The van der Waals surface area contributed by atoms with E-state index in [9.17, 15) is 9.59 Å². The number of nitrogens with zero attached hydrogens (tertiary/aromatic N) is 6. The molecule has 2 aromatic carbocycles. The van der Waals surface area contributed by atoms with Crippen LogP contribution in [0.4, 0.5) is 17.3 Å². The van der Waals surface area contributed by atoms with Crippen molar-refractivity contribution in [3.8, 4) is 5.69 Å². The van der Waals surface area contributed by atoms with Crippen LogP contribution in [0.2, 0.25) is 10.0 Å². The van der Waals surface area contributed by atoms with E-state index in [-0.39, 0.29) is 32.7 Å². The molecule has 36 heavy (non-hydrogen) atoms. The summed E-state index contributed by atoms with van der Waals surface area (Å²) in [6.07, 6.45) is 1.40. The van der Waals surface area contributed by atoms with Crippen LogP contribution in [-0.2, 0) is 7.05 Å². The normalized spacial score (nSPS) is 14.4. The van der Waals surface area contributed by atoms with E-state index >= 15 is 0 Å². The third-order valence-corrected chi connectivity index (χ3v) is 7.07. The van der Waals surface area contributed by atoms with E-state index in [0.717, 1.165) is 42.0 Å². The minimum Gasteiger partial charge on any atom is -0.369 e. The zero-order chi connectivity index (χ0) is 25.6. The summed E-state index contributed by atoms with van der Waals surface area (Å²) in [5.74, 6) is 0.275. The first-order valence-electron chi connectivity index (χ1n) is 11.5. The van der Waals surface area contributed by atoms with Gasteiger partial charge in [-0.2, -0.15) is 4.98 Å². The minimum atomic E-state index is -0.612. The van der Waals surface area contributed by atoms with Crippen LogP contribution in [0, 0.1) is 6.92 Å². The van der Waals surface area contributed by atoms with Gasteiger partial charge in [0.1, 0.15) is 5.39 Å². The molecule has 1 fully saturated rings. The number of halogens is 2. The highest BCUT2D eigenvalue weighted by atomic mass is 35.5. The van der Waals surface area contributed by atoms with Crippen LogP contribution in [0.1, 0.15) is 5.56 Å². The number of anilines is 3. The van der Waals surface area contributed by atoms with Crippen molar-refractivity contribution in [1.29, 1.82) is 0 Å². The van der Waals surface area contributed by atoms with E-state index < -0.39 is 11.2 Å². The number of likely N-dealkylation sites (N-methyl/N-ethyl adjacent to an activating group) is 1. The summed E-state index contributed by atoms with van der Waals surface area (Å²) in [6, 6.07) is 10.9. The zero-order valence-corrected chi connectivity index (χ0v) is 21.6. The zero-order valence-electron chi connectivity index (χ0n) is 20.1. The van der Waals surface area contributed by atoms with Gasteiger partial charge in [0.05, 0.1) is 15.7 Å². The summed E-state index contributed by atoms with van der Waals surface area (Å²) < 4.78 is 2.23. The molecule has 0 unspecified atom stereocenters. The minimum absolute atomic E-state index is 0.131. The van der Waals surface area contributed by atoms with Crippen molar-refractivity contribution in [3.63, 3.8) is 0 Å². The molecule has 9 nitrogen and oxygen atoms in total. The summed E-state index contributed by atoms with van der Waals surface area (Å²) in [5, 5.41) is 3.74. The van der Waals surface area contributed by atoms with Crippen molar-refractivity contribution < 1.29 is 0 Å². The van der Waals surface area contributed by atoms with Crippen LogP contribution >= 0.6 is 23.2 Å². The lowest BCUT2D eigenvalue weighted by Crippen LogP contribution is -2.44. The van der Waals surface area contributed by atoms with Crippen molar-refractivity contribution >= 4 is 51.6 Å². The van der Waals surface area contributed by atoms with Gasteiger partial charge < -0.3 is 15.1 Å². The molecular weight excluding hydrogens is 501 g/mol. The van der Waals surface area contributed by atoms with E-state index in [1.54, 1.807) is 18.2 Å². The molecular formula is C25H25Cl2N7O2. The number of hydrogen-bond acceptors (Lipinski definition) is 7. The van der Waals surface area contributed by atoms with Crippen LogP contribution < -0.4 is 21.5 Å². The summed E-state index contributed by atoms with van der Waals surface area (Å²) in [6.45, 7) is 6.12. The molecule has 0 bridgehead atoms. The molecule has 0 saturated carbocycles. The second-order valence-corrected chi connectivity index (χ2v) is 9.71. The van der Waals surface area contributed by atoms with Crippen molar-refractivity contribution in [2.75, 3.05) is 43.4 Å². The van der Waals surface area contributed by atoms with Crippen LogP contribution in [-0.4, -0.2) is 57.2 Å². The van der Waals surface area contributed by atoms with E-state index in [2.05, 4.69) is 45.1 Å². The van der Waals surface area contributed by atoms with Crippen LogP contribution in [0.3, 0.4) is 0 Å². The van der Waals surface area contributed by atoms with E-state index in [1.807, 2.05) is 12.1 Å². The molecule has 1 N–H and O–H groups in total. The third kappa shape index (κ3) is 4.34. The van der Waals surface area contributed by atoms with E-state index in [4.69, 9.17) is 23.2 Å². The molecule has 11 heteroatoms. The Morgan fingerprint density at radius 2 is 1.67 bits per heavy atom. The quantitative estimate of drug-likeness (QED) is 0.435. The Hall–Kier alpha value is -3.40. The largest absolute Gasteiger partial charge is 0.369 e. The maximum absolute atomic E-state index is 13.3. The van der Waals surface area contributed by atoms with Gasteiger partial charge in [-0.1, -0.05) is 29.3 Å². The number of nitrogens with one attached hydrogen (secondary N) is 1. The monoisotopic (exact) mass is 525 g/mol. The number of aromatic nitrogens is 4. The van der Waals surface area contributed by atoms with E-state index in [1.165, 1.54) is 23.5 Å². The Kier molecular flexibility index (Phi) is 6.46. The molecule has 4 aromatic rings. The molecule has 5 rings (SSSR count). The average molecular weight is 526 g/mol. The first-order valence-corrected chi connectivity index (χ1v) is 12.2. The predicted octanol–water partition coefficient (Wildman–Crippen LogP) is 3.59. The fourth-order valence-electron chi connectivity index (χ4n) is 4.45. The summed E-state index contributed by atoms with van der Waals surface area (Å²) in [4.78, 5) is 39.9.